The molecule has 192 valence electrons. The molecule has 0 heterocycles. The molecule has 4 heteroatoms. The number of rotatable bonds is 8. The Morgan fingerprint density at radius 2 is 1.71 bits per heavy atom. The van der Waals surface area contributed by atoms with E-state index in [9.17, 15) is 4.79 Å². The quantitative estimate of drug-likeness (QED) is 0.411. The van der Waals surface area contributed by atoms with Crippen LogP contribution in [0.4, 0.5) is 0 Å². The molecule has 0 saturated heterocycles. The zero-order valence-corrected chi connectivity index (χ0v) is 22.3. The summed E-state index contributed by atoms with van der Waals surface area (Å²) in [6.45, 7) is 7.82. The maximum Gasteiger partial charge on any atom is 0.306 e. The summed E-state index contributed by atoms with van der Waals surface area (Å²) in [7, 11) is 1.46. The number of carbonyl (C=O) groups excluding carboxylic acids is 1. The van der Waals surface area contributed by atoms with Crippen molar-refractivity contribution in [3.63, 3.8) is 0 Å². The van der Waals surface area contributed by atoms with Crippen molar-refractivity contribution < 1.29 is 14.3 Å². The predicted octanol–water partition coefficient (Wildman–Crippen LogP) is 7.08. The first-order valence-corrected chi connectivity index (χ1v) is 13.8. The Balaban J connectivity index is 1.50. The molecule has 2 aromatic rings. The molecule has 2 aliphatic rings. The summed E-state index contributed by atoms with van der Waals surface area (Å²) < 4.78 is 11.7. The molecule has 4 rings (SSSR count). The van der Waals surface area contributed by atoms with Crippen LogP contribution in [0.3, 0.4) is 0 Å². The molecular weight excluding hydrogens is 434 g/mol. The first-order valence-electron chi connectivity index (χ1n) is 13.8. The molecule has 2 aromatic carbocycles. The fourth-order valence-corrected chi connectivity index (χ4v) is 6.27. The number of benzene rings is 2. The molecule has 2 fully saturated rings. The standard InChI is InChI=1S/C31H45NO3/c1-31(2,3)25-15-17-26(18-16-25)35-30-24(14-13-22-9-5-7-11-27(22)30)21-23-10-6-8-12-28(23)32-20-19-29(33)34-4/h5,7,9,11,13-14,23,25-26,28,32H,6,8,10,12,15-21H2,1-4H3/t23?,25-,26-,28?. The van der Waals surface area contributed by atoms with E-state index in [0.29, 0.717) is 36.4 Å². The summed E-state index contributed by atoms with van der Waals surface area (Å²) in [5.74, 6) is 2.31. The second-order valence-corrected chi connectivity index (χ2v) is 11.9. The first-order chi connectivity index (χ1) is 16.8. The van der Waals surface area contributed by atoms with Crippen molar-refractivity contribution in [3.05, 3.63) is 42.0 Å². The van der Waals surface area contributed by atoms with Gasteiger partial charge >= 0.3 is 5.97 Å². The highest BCUT2D eigenvalue weighted by Crippen LogP contribution is 2.41. The third-order valence-electron chi connectivity index (χ3n) is 8.50. The van der Waals surface area contributed by atoms with Crippen molar-refractivity contribution >= 4 is 16.7 Å². The molecule has 0 bridgehead atoms. The molecule has 2 unspecified atom stereocenters. The number of methoxy groups -OCH3 is 1. The number of fused-ring (bicyclic) bond motifs is 1. The van der Waals surface area contributed by atoms with Crippen LogP contribution in [0.15, 0.2) is 36.4 Å². The Labute approximate surface area is 212 Å². The van der Waals surface area contributed by atoms with Gasteiger partial charge in [0.15, 0.2) is 0 Å². The summed E-state index contributed by atoms with van der Waals surface area (Å²) in [5.41, 5.74) is 1.72. The maximum atomic E-state index is 11.6. The average molecular weight is 480 g/mol. The fourth-order valence-electron chi connectivity index (χ4n) is 6.27. The minimum Gasteiger partial charge on any atom is -0.489 e. The van der Waals surface area contributed by atoms with Gasteiger partial charge in [-0.25, -0.2) is 0 Å². The highest BCUT2D eigenvalue weighted by Gasteiger charge is 2.31. The van der Waals surface area contributed by atoms with Crippen LogP contribution < -0.4 is 10.1 Å². The zero-order chi connectivity index (χ0) is 24.8. The van der Waals surface area contributed by atoms with Crippen LogP contribution in [0.1, 0.15) is 84.1 Å². The summed E-state index contributed by atoms with van der Waals surface area (Å²) in [5, 5.41) is 6.17. The lowest BCUT2D eigenvalue weighted by Crippen LogP contribution is -2.40. The van der Waals surface area contributed by atoms with Gasteiger partial charge in [0, 0.05) is 18.0 Å². The molecule has 35 heavy (non-hydrogen) atoms. The minimum atomic E-state index is -0.142. The number of nitrogens with one attached hydrogen (secondary N) is 1. The van der Waals surface area contributed by atoms with E-state index in [4.69, 9.17) is 9.47 Å². The summed E-state index contributed by atoms with van der Waals surface area (Å²) in [4.78, 5) is 11.6. The first kappa shape index (κ1) is 26.0. The number of ether oxygens (including phenoxy) is 2. The Hall–Kier alpha value is -2.07. The minimum absolute atomic E-state index is 0.142. The van der Waals surface area contributed by atoms with E-state index in [2.05, 4.69) is 62.5 Å². The van der Waals surface area contributed by atoms with E-state index in [-0.39, 0.29) is 5.97 Å². The number of hydrogen-bond donors (Lipinski definition) is 1. The molecule has 2 atom stereocenters. The van der Waals surface area contributed by atoms with Gasteiger partial charge in [0.2, 0.25) is 0 Å². The van der Waals surface area contributed by atoms with Gasteiger partial charge in [-0.15, -0.1) is 0 Å². The van der Waals surface area contributed by atoms with E-state index in [1.54, 1.807) is 0 Å². The Morgan fingerprint density at radius 1 is 0.971 bits per heavy atom. The number of carbonyl (C=O) groups is 1. The second-order valence-electron chi connectivity index (χ2n) is 11.9. The highest BCUT2D eigenvalue weighted by molar-refractivity contribution is 5.89. The van der Waals surface area contributed by atoms with Crippen molar-refractivity contribution in [2.24, 2.45) is 17.3 Å². The Bertz CT molecular complexity index is 971. The van der Waals surface area contributed by atoms with Crippen molar-refractivity contribution in [1.82, 2.24) is 5.32 Å². The SMILES string of the molecule is COC(=O)CCNC1CCCCC1Cc1ccc2ccccc2c1O[C@H]1CC[C@H](C(C)(C)C)CC1. The fraction of sp³-hybridized carbons (Fsp3) is 0.645. The summed E-state index contributed by atoms with van der Waals surface area (Å²) >= 11 is 0. The smallest absolute Gasteiger partial charge is 0.306 e. The molecule has 0 spiro atoms. The number of hydrogen-bond acceptors (Lipinski definition) is 4. The van der Waals surface area contributed by atoms with Crippen molar-refractivity contribution in [2.45, 2.75) is 97.1 Å². The van der Waals surface area contributed by atoms with Gasteiger partial charge in [0.05, 0.1) is 19.6 Å². The molecule has 0 aromatic heterocycles. The third kappa shape index (κ3) is 6.78. The molecule has 1 N–H and O–H groups in total. The predicted molar refractivity (Wildman–Crippen MR) is 144 cm³/mol. The maximum absolute atomic E-state index is 11.6. The Morgan fingerprint density at radius 3 is 2.46 bits per heavy atom. The highest BCUT2D eigenvalue weighted by atomic mass is 16.5. The average Bonchev–Trinajstić information content (AvgIpc) is 2.86. The van der Waals surface area contributed by atoms with Gasteiger partial charge in [0.25, 0.3) is 0 Å². The van der Waals surface area contributed by atoms with Gasteiger partial charge in [-0.2, -0.15) is 0 Å². The Kier molecular flexibility index (Phi) is 8.75. The van der Waals surface area contributed by atoms with Crippen molar-refractivity contribution in [1.29, 1.82) is 0 Å². The van der Waals surface area contributed by atoms with E-state index in [0.717, 1.165) is 30.9 Å². The van der Waals surface area contributed by atoms with Crippen LogP contribution >= 0.6 is 0 Å². The van der Waals surface area contributed by atoms with Gasteiger partial charge in [0.1, 0.15) is 5.75 Å². The molecule has 0 amide bonds. The van der Waals surface area contributed by atoms with E-state index < -0.39 is 0 Å². The summed E-state index contributed by atoms with van der Waals surface area (Å²) in [6.07, 6.45) is 11.5. The van der Waals surface area contributed by atoms with E-state index >= 15 is 0 Å². The molecule has 0 aliphatic heterocycles. The monoisotopic (exact) mass is 479 g/mol. The third-order valence-corrected chi connectivity index (χ3v) is 8.50. The second kappa shape index (κ2) is 11.8. The van der Waals surface area contributed by atoms with Crippen LogP contribution in [-0.2, 0) is 16.0 Å². The largest absolute Gasteiger partial charge is 0.489 e. The van der Waals surface area contributed by atoms with Crippen LogP contribution in [0.5, 0.6) is 5.75 Å². The lowest BCUT2D eigenvalue weighted by atomic mass is 9.72. The lowest BCUT2D eigenvalue weighted by molar-refractivity contribution is -0.140. The molecule has 0 radical (unpaired) electrons. The van der Waals surface area contributed by atoms with Gasteiger partial charge in [-0.1, -0.05) is 70.0 Å². The topological polar surface area (TPSA) is 47.6 Å². The van der Waals surface area contributed by atoms with Gasteiger partial charge in [-0.05, 0) is 73.1 Å². The van der Waals surface area contributed by atoms with E-state index in [1.807, 2.05) is 0 Å². The van der Waals surface area contributed by atoms with Gasteiger partial charge < -0.3 is 14.8 Å². The van der Waals surface area contributed by atoms with E-state index in [1.165, 1.54) is 62.0 Å². The van der Waals surface area contributed by atoms with Crippen molar-refractivity contribution in [3.8, 4) is 5.75 Å². The molecular formula is C31H45NO3. The van der Waals surface area contributed by atoms with Gasteiger partial charge in [-0.3, -0.25) is 4.79 Å². The van der Waals surface area contributed by atoms with Crippen LogP contribution in [-0.4, -0.2) is 31.8 Å². The number of esters is 1. The van der Waals surface area contributed by atoms with Crippen LogP contribution in [0, 0.1) is 17.3 Å². The zero-order valence-electron chi connectivity index (χ0n) is 22.3. The molecule has 2 saturated carbocycles. The van der Waals surface area contributed by atoms with Crippen LogP contribution in [0.25, 0.3) is 10.8 Å². The molecule has 4 nitrogen and oxygen atoms in total. The summed E-state index contributed by atoms with van der Waals surface area (Å²) in [6, 6.07) is 13.7. The lowest BCUT2D eigenvalue weighted by Gasteiger charge is -2.37. The normalized spacial score (nSPS) is 25.4. The molecule has 2 aliphatic carbocycles. The van der Waals surface area contributed by atoms with Crippen LogP contribution in [0.2, 0.25) is 0 Å². The van der Waals surface area contributed by atoms with Crippen molar-refractivity contribution in [2.75, 3.05) is 13.7 Å².